The van der Waals surface area contributed by atoms with Gasteiger partial charge in [0.2, 0.25) is 0 Å². The lowest BCUT2D eigenvalue weighted by Crippen LogP contribution is -2.36. The summed E-state index contributed by atoms with van der Waals surface area (Å²) in [6.45, 7) is 5.63. The number of hydrogen-bond donors (Lipinski definition) is 0. The van der Waals surface area contributed by atoms with E-state index in [1.807, 2.05) is 0 Å². The maximum Gasteiger partial charge on any atom is 0.325 e. The average Bonchev–Trinajstić information content (AvgIpc) is 2.38. The standard InChI is InChI=1S/C14H18FNO3/c1-4-16(9-13(17)19-5-2)14(18)11-6-7-12(15)10(3)8-11/h6-8H,4-5,9H2,1-3H3. The van der Waals surface area contributed by atoms with Crippen LogP contribution in [0.1, 0.15) is 29.8 Å². The fraction of sp³-hybridized carbons (Fsp3) is 0.429. The summed E-state index contributed by atoms with van der Waals surface area (Å²) in [4.78, 5) is 24.9. The number of likely N-dealkylation sites (N-methyl/N-ethyl adjacent to an activating group) is 1. The Bertz CT molecular complexity index is 474. The van der Waals surface area contributed by atoms with Crippen LogP contribution < -0.4 is 0 Å². The molecule has 0 spiro atoms. The van der Waals surface area contributed by atoms with Crippen molar-refractivity contribution in [3.05, 3.63) is 35.1 Å². The Balaban J connectivity index is 2.83. The predicted octanol–water partition coefficient (Wildman–Crippen LogP) is 2.16. The number of nitrogens with zero attached hydrogens (tertiary/aromatic N) is 1. The molecule has 1 rings (SSSR count). The summed E-state index contributed by atoms with van der Waals surface area (Å²) in [5.74, 6) is -1.11. The van der Waals surface area contributed by atoms with Crippen LogP contribution in [0.15, 0.2) is 18.2 Å². The molecule has 19 heavy (non-hydrogen) atoms. The lowest BCUT2D eigenvalue weighted by molar-refractivity contribution is -0.143. The lowest BCUT2D eigenvalue weighted by Gasteiger charge is -2.20. The minimum absolute atomic E-state index is 0.0976. The molecular formula is C14H18FNO3. The van der Waals surface area contributed by atoms with Crippen LogP contribution in [0.2, 0.25) is 0 Å². The van der Waals surface area contributed by atoms with Crippen LogP contribution in [0.5, 0.6) is 0 Å². The Kier molecular flexibility index (Phi) is 5.48. The first-order valence-electron chi connectivity index (χ1n) is 6.20. The van der Waals surface area contributed by atoms with Crippen LogP contribution in [-0.2, 0) is 9.53 Å². The summed E-state index contributed by atoms with van der Waals surface area (Å²) in [5, 5.41) is 0. The molecule has 0 N–H and O–H groups in total. The summed E-state index contributed by atoms with van der Waals surface area (Å²) < 4.78 is 18.0. The Morgan fingerprint density at radius 3 is 2.53 bits per heavy atom. The molecule has 4 nitrogen and oxygen atoms in total. The molecule has 1 amide bonds. The fourth-order valence-corrected chi connectivity index (χ4v) is 1.65. The molecule has 0 unspecified atom stereocenters. The first-order valence-corrected chi connectivity index (χ1v) is 6.20. The molecular weight excluding hydrogens is 249 g/mol. The zero-order chi connectivity index (χ0) is 14.4. The third kappa shape index (κ3) is 4.05. The zero-order valence-electron chi connectivity index (χ0n) is 11.4. The third-order valence-corrected chi connectivity index (χ3v) is 2.70. The van der Waals surface area contributed by atoms with Gasteiger partial charge in [-0.15, -0.1) is 0 Å². The second kappa shape index (κ2) is 6.87. The second-order valence-electron chi connectivity index (χ2n) is 4.09. The third-order valence-electron chi connectivity index (χ3n) is 2.70. The zero-order valence-corrected chi connectivity index (χ0v) is 11.4. The number of aryl methyl sites for hydroxylation is 1. The van der Waals surface area contributed by atoms with E-state index in [1.165, 1.54) is 23.1 Å². The van der Waals surface area contributed by atoms with Crippen molar-refractivity contribution in [2.75, 3.05) is 19.7 Å². The van der Waals surface area contributed by atoms with Gasteiger partial charge in [-0.3, -0.25) is 9.59 Å². The first kappa shape index (κ1) is 15.1. The van der Waals surface area contributed by atoms with E-state index in [-0.39, 0.29) is 24.9 Å². The molecule has 0 bridgehead atoms. The SMILES string of the molecule is CCOC(=O)CN(CC)C(=O)c1ccc(F)c(C)c1. The summed E-state index contributed by atoms with van der Waals surface area (Å²) >= 11 is 0. The largest absolute Gasteiger partial charge is 0.465 e. The minimum Gasteiger partial charge on any atom is -0.465 e. The molecule has 0 heterocycles. The molecule has 104 valence electrons. The Hall–Kier alpha value is -1.91. The van der Waals surface area contributed by atoms with Gasteiger partial charge >= 0.3 is 5.97 Å². The van der Waals surface area contributed by atoms with Crippen molar-refractivity contribution in [2.45, 2.75) is 20.8 Å². The van der Waals surface area contributed by atoms with Gasteiger partial charge in [-0.05, 0) is 44.5 Å². The Morgan fingerprint density at radius 1 is 1.32 bits per heavy atom. The van der Waals surface area contributed by atoms with Gasteiger partial charge in [0, 0.05) is 12.1 Å². The summed E-state index contributed by atoms with van der Waals surface area (Å²) in [6, 6.07) is 4.14. The average molecular weight is 267 g/mol. The fourth-order valence-electron chi connectivity index (χ4n) is 1.65. The monoisotopic (exact) mass is 267 g/mol. The van der Waals surface area contributed by atoms with Crippen LogP contribution in [-0.4, -0.2) is 36.5 Å². The van der Waals surface area contributed by atoms with Crippen molar-refractivity contribution in [1.82, 2.24) is 4.90 Å². The van der Waals surface area contributed by atoms with Gasteiger partial charge in [-0.2, -0.15) is 0 Å². The van der Waals surface area contributed by atoms with Crippen LogP contribution in [0.3, 0.4) is 0 Å². The van der Waals surface area contributed by atoms with E-state index in [4.69, 9.17) is 4.74 Å². The normalized spacial score (nSPS) is 10.1. The molecule has 5 heteroatoms. The first-order chi connectivity index (χ1) is 8.99. The number of hydrogen-bond acceptors (Lipinski definition) is 3. The van der Waals surface area contributed by atoms with E-state index >= 15 is 0 Å². The highest BCUT2D eigenvalue weighted by atomic mass is 19.1. The van der Waals surface area contributed by atoms with Crippen LogP contribution in [0, 0.1) is 12.7 Å². The number of carbonyl (C=O) groups is 2. The molecule has 0 fully saturated rings. The number of ether oxygens (including phenoxy) is 1. The number of benzene rings is 1. The molecule has 0 aliphatic heterocycles. The van der Waals surface area contributed by atoms with Gasteiger partial charge in [-0.25, -0.2) is 4.39 Å². The number of rotatable bonds is 5. The molecule has 0 atom stereocenters. The minimum atomic E-state index is -0.448. The van der Waals surface area contributed by atoms with E-state index in [2.05, 4.69) is 0 Å². The summed E-state index contributed by atoms with van der Waals surface area (Å²) in [5.41, 5.74) is 0.767. The van der Waals surface area contributed by atoms with Crippen LogP contribution >= 0.6 is 0 Å². The van der Waals surface area contributed by atoms with E-state index < -0.39 is 5.97 Å². The van der Waals surface area contributed by atoms with Crippen molar-refractivity contribution in [3.8, 4) is 0 Å². The second-order valence-corrected chi connectivity index (χ2v) is 4.09. The number of esters is 1. The lowest BCUT2D eigenvalue weighted by atomic mass is 10.1. The molecule has 0 saturated carbocycles. The number of halogens is 1. The van der Waals surface area contributed by atoms with Crippen molar-refractivity contribution < 1.29 is 18.7 Å². The highest BCUT2D eigenvalue weighted by Gasteiger charge is 2.18. The smallest absolute Gasteiger partial charge is 0.325 e. The predicted molar refractivity (Wildman–Crippen MR) is 69.3 cm³/mol. The van der Waals surface area contributed by atoms with Gasteiger partial charge in [0.15, 0.2) is 0 Å². The van der Waals surface area contributed by atoms with Gasteiger partial charge in [0.05, 0.1) is 6.61 Å². The quantitative estimate of drug-likeness (QED) is 0.768. The summed E-state index contributed by atoms with van der Waals surface area (Å²) in [6.07, 6.45) is 0. The highest BCUT2D eigenvalue weighted by Crippen LogP contribution is 2.11. The van der Waals surface area contributed by atoms with E-state index in [9.17, 15) is 14.0 Å². The van der Waals surface area contributed by atoms with Crippen molar-refractivity contribution in [2.24, 2.45) is 0 Å². The molecule has 0 aromatic heterocycles. The summed E-state index contributed by atoms with van der Waals surface area (Å²) in [7, 11) is 0. The molecule has 1 aromatic rings. The van der Waals surface area contributed by atoms with Gasteiger partial charge in [0.1, 0.15) is 12.4 Å². The van der Waals surface area contributed by atoms with E-state index in [0.29, 0.717) is 17.7 Å². The van der Waals surface area contributed by atoms with Gasteiger partial charge in [0.25, 0.3) is 5.91 Å². The molecule has 0 aliphatic carbocycles. The van der Waals surface area contributed by atoms with Crippen molar-refractivity contribution in [1.29, 1.82) is 0 Å². The molecule has 1 aromatic carbocycles. The van der Waals surface area contributed by atoms with Crippen molar-refractivity contribution in [3.63, 3.8) is 0 Å². The van der Waals surface area contributed by atoms with Crippen LogP contribution in [0.4, 0.5) is 4.39 Å². The van der Waals surface area contributed by atoms with Crippen molar-refractivity contribution >= 4 is 11.9 Å². The Morgan fingerprint density at radius 2 is 2.00 bits per heavy atom. The maximum absolute atomic E-state index is 13.2. The molecule has 0 aliphatic rings. The Labute approximate surface area is 112 Å². The number of carbonyl (C=O) groups excluding carboxylic acids is 2. The van der Waals surface area contributed by atoms with E-state index in [1.54, 1.807) is 20.8 Å². The maximum atomic E-state index is 13.2. The van der Waals surface area contributed by atoms with Gasteiger partial charge < -0.3 is 9.64 Å². The molecule has 0 radical (unpaired) electrons. The molecule has 0 saturated heterocycles. The van der Waals surface area contributed by atoms with Crippen LogP contribution in [0.25, 0.3) is 0 Å². The van der Waals surface area contributed by atoms with E-state index in [0.717, 1.165) is 0 Å². The highest BCUT2D eigenvalue weighted by molar-refractivity contribution is 5.96. The topological polar surface area (TPSA) is 46.6 Å². The van der Waals surface area contributed by atoms with Gasteiger partial charge in [-0.1, -0.05) is 0 Å². The number of amides is 1.